The lowest BCUT2D eigenvalue weighted by Crippen LogP contribution is -2.46. The van der Waals surface area contributed by atoms with Crippen LogP contribution in [-0.4, -0.2) is 41.4 Å². The summed E-state index contributed by atoms with van der Waals surface area (Å²) in [6, 6.07) is 7.43. The third-order valence-electron chi connectivity index (χ3n) is 4.73. The minimum absolute atomic E-state index is 0.194. The zero-order valence-electron chi connectivity index (χ0n) is 18.2. The molecule has 1 atom stereocenters. The summed E-state index contributed by atoms with van der Waals surface area (Å²) in [4.78, 5) is 44.3. The van der Waals surface area contributed by atoms with Crippen molar-refractivity contribution in [2.24, 2.45) is 0 Å². The first-order valence-corrected chi connectivity index (χ1v) is 11.3. The van der Waals surface area contributed by atoms with Gasteiger partial charge in [-0.1, -0.05) is 37.2 Å². The predicted octanol–water partition coefficient (Wildman–Crippen LogP) is 2.69. The van der Waals surface area contributed by atoms with E-state index in [9.17, 15) is 14.4 Å². The number of amides is 2. The molecule has 0 bridgehead atoms. The highest BCUT2D eigenvalue weighted by molar-refractivity contribution is 7.99. The van der Waals surface area contributed by atoms with Crippen LogP contribution in [0.1, 0.15) is 37.6 Å². The van der Waals surface area contributed by atoms with Crippen molar-refractivity contribution in [3.05, 3.63) is 63.2 Å². The van der Waals surface area contributed by atoms with Gasteiger partial charge in [-0.3, -0.25) is 4.79 Å². The van der Waals surface area contributed by atoms with Crippen molar-refractivity contribution in [2.45, 2.75) is 37.9 Å². The van der Waals surface area contributed by atoms with E-state index in [1.165, 1.54) is 17.8 Å². The lowest BCUT2D eigenvalue weighted by atomic mass is 9.95. The molecule has 3 N–H and O–H groups in total. The third kappa shape index (κ3) is 5.70. The van der Waals surface area contributed by atoms with Crippen molar-refractivity contribution >= 4 is 23.8 Å². The van der Waals surface area contributed by atoms with Crippen molar-refractivity contribution in [2.75, 3.05) is 19.5 Å². The first-order chi connectivity index (χ1) is 15.4. The standard InChI is InChI=1S/C22H26N4O5S/c1-4-6-14-11-17(27)25-22(23-14)32-12-16-18(20(28)31-5-2)19(26-21(29)24-16)13-7-9-15(30-3)10-8-13/h7-11,19H,4-6,12H2,1-3H3,(H,23,25,27)(H2,24,26,29). The number of aryl methyl sites for hydroxylation is 1. The summed E-state index contributed by atoms with van der Waals surface area (Å²) in [5.74, 6) is 0.346. The minimum Gasteiger partial charge on any atom is -0.497 e. The van der Waals surface area contributed by atoms with E-state index >= 15 is 0 Å². The van der Waals surface area contributed by atoms with E-state index in [0.29, 0.717) is 39.9 Å². The van der Waals surface area contributed by atoms with Crippen molar-refractivity contribution in [3.63, 3.8) is 0 Å². The molecule has 2 amide bonds. The Hall–Kier alpha value is -3.27. The van der Waals surface area contributed by atoms with Crippen LogP contribution in [0.25, 0.3) is 0 Å². The quantitative estimate of drug-likeness (QED) is 0.300. The van der Waals surface area contributed by atoms with E-state index in [0.717, 1.165) is 6.42 Å². The summed E-state index contributed by atoms with van der Waals surface area (Å²) in [6.07, 6.45) is 1.55. The highest BCUT2D eigenvalue weighted by Gasteiger charge is 2.33. The van der Waals surface area contributed by atoms with Gasteiger partial charge >= 0.3 is 12.0 Å². The Morgan fingerprint density at radius 3 is 2.59 bits per heavy atom. The number of aromatic nitrogens is 2. The Balaban J connectivity index is 1.95. The number of H-pyrrole nitrogens is 1. The second kappa shape index (κ2) is 10.9. The second-order valence-electron chi connectivity index (χ2n) is 7.00. The summed E-state index contributed by atoms with van der Waals surface area (Å²) in [5.41, 5.74) is 1.88. The molecule has 1 unspecified atom stereocenters. The van der Waals surface area contributed by atoms with Crippen LogP contribution in [0.15, 0.2) is 51.6 Å². The minimum atomic E-state index is -0.692. The molecule has 0 aliphatic carbocycles. The third-order valence-corrected chi connectivity index (χ3v) is 5.63. The first-order valence-electron chi connectivity index (χ1n) is 10.3. The summed E-state index contributed by atoms with van der Waals surface area (Å²) in [6.45, 7) is 3.92. The van der Waals surface area contributed by atoms with Crippen LogP contribution >= 0.6 is 11.8 Å². The van der Waals surface area contributed by atoms with E-state index in [-0.39, 0.29) is 17.9 Å². The van der Waals surface area contributed by atoms with Gasteiger partial charge in [0.1, 0.15) is 5.75 Å². The van der Waals surface area contributed by atoms with Gasteiger partial charge in [0.05, 0.1) is 25.3 Å². The monoisotopic (exact) mass is 458 g/mol. The highest BCUT2D eigenvalue weighted by Crippen LogP contribution is 2.31. The number of hydrogen-bond donors (Lipinski definition) is 3. The molecule has 170 valence electrons. The number of carbonyl (C=O) groups excluding carboxylic acids is 2. The topological polar surface area (TPSA) is 122 Å². The Labute approximate surface area is 190 Å². The molecule has 2 heterocycles. The van der Waals surface area contributed by atoms with Crippen LogP contribution in [0.2, 0.25) is 0 Å². The van der Waals surface area contributed by atoms with Gasteiger partial charge in [0.25, 0.3) is 5.56 Å². The Bertz CT molecular complexity index is 1060. The van der Waals surface area contributed by atoms with Crippen LogP contribution in [0.3, 0.4) is 0 Å². The smallest absolute Gasteiger partial charge is 0.338 e. The van der Waals surface area contributed by atoms with Crippen molar-refractivity contribution in [1.29, 1.82) is 0 Å². The fraction of sp³-hybridized carbons (Fsp3) is 0.364. The van der Waals surface area contributed by atoms with Crippen molar-refractivity contribution in [1.82, 2.24) is 20.6 Å². The van der Waals surface area contributed by atoms with E-state index in [4.69, 9.17) is 9.47 Å². The average molecular weight is 459 g/mol. The Morgan fingerprint density at radius 1 is 1.19 bits per heavy atom. The van der Waals surface area contributed by atoms with Crippen LogP contribution in [0.5, 0.6) is 5.75 Å². The molecule has 1 aliphatic heterocycles. The van der Waals surface area contributed by atoms with Crippen molar-refractivity contribution in [3.8, 4) is 5.75 Å². The molecule has 9 nitrogen and oxygen atoms in total. The maximum atomic E-state index is 12.8. The number of nitrogens with one attached hydrogen (secondary N) is 3. The molecule has 0 fully saturated rings. The number of esters is 1. The SMILES string of the molecule is CCCc1cc(=O)[nH]c(SCC2=C(C(=O)OCC)C(c3ccc(OC)cc3)NC(=O)N2)n1. The van der Waals surface area contributed by atoms with Gasteiger partial charge in [-0.25, -0.2) is 14.6 Å². The summed E-state index contributed by atoms with van der Waals surface area (Å²) in [7, 11) is 1.56. The first kappa shape index (κ1) is 23.4. The lowest BCUT2D eigenvalue weighted by molar-refractivity contribution is -0.139. The number of benzene rings is 1. The zero-order chi connectivity index (χ0) is 23.1. The molecular formula is C22H26N4O5S. The van der Waals surface area contributed by atoms with E-state index < -0.39 is 18.0 Å². The fourth-order valence-corrected chi connectivity index (χ4v) is 4.17. The molecule has 3 rings (SSSR count). The fourth-order valence-electron chi connectivity index (χ4n) is 3.30. The van der Waals surface area contributed by atoms with E-state index in [1.807, 2.05) is 6.92 Å². The number of thioether (sulfide) groups is 1. The normalized spacial score (nSPS) is 15.7. The molecule has 32 heavy (non-hydrogen) atoms. The Morgan fingerprint density at radius 2 is 1.94 bits per heavy atom. The van der Waals surface area contributed by atoms with E-state index in [2.05, 4.69) is 20.6 Å². The van der Waals surface area contributed by atoms with Gasteiger partial charge in [-0.2, -0.15) is 0 Å². The lowest BCUT2D eigenvalue weighted by Gasteiger charge is -2.29. The molecule has 1 aliphatic rings. The van der Waals surface area contributed by atoms with Crippen molar-refractivity contribution < 1.29 is 19.1 Å². The van der Waals surface area contributed by atoms with E-state index in [1.54, 1.807) is 38.3 Å². The molecule has 0 spiro atoms. The largest absolute Gasteiger partial charge is 0.497 e. The maximum Gasteiger partial charge on any atom is 0.338 e. The molecule has 1 aromatic carbocycles. The summed E-state index contributed by atoms with van der Waals surface area (Å²) in [5, 5.41) is 5.93. The predicted molar refractivity (Wildman–Crippen MR) is 121 cm³/mol. The summed E-state index contributed by atoms with van der Waals surface area (Å²) < 4.78 is 10.5. The van der Waals surface area contributed by atoms with Crippen LogP contribution in [-0.2, 0) is 16.0 Å². The molecule has 10 heteroatoms. The van der Waals surface area contributed by atoms with Gasteiger partial charge in [0.15, 0.2) is 5.16 Å². The molecule has 1 aromatic heterocycles. The Kier molecular flexibility index (Phi) is 7.93. The number of hydrogen-bond acceptors (Lipinski definition) is 7. The van der Waals surface area contributed by atoms with Gasteiger partial charge < -0.3 is 25.1 Å². The number of nitrogens with zero attached hydrogens (tertiary/aromatic N) is 1. The number of carbonyl (C=O) groups is 2. The van der Waals surface area contributed by atoms with Crippen LogP contribution in [0.4, 0.5) is 4.79 Å². The van der Waals surface area contributed by atoms with Gasteiger partial charge in [0.2, 0.25) is 0 Å². The zero-order valence-corrected chi connectivity index (χ0v) is 19.0. The second-order valence-corrected chi connectivity index (χ2v) is 7.96. The average Bonchev–Trinajstić information content (AvgIpc) is 2.77. The van der Waals surface area contributed by atoms with Crippen LogP contribution in [0, 0.1) is 0 Å². The van der Waals surface area contributed by atoms with Gasteiger partial charge in [0, 0.05) is 23.2 Å². The molecule has 2 aromatic rings. The number of methoxy groups -OCH3 is 1. The number of rotatable bonds is 9. The number of ether oxygens (including phenoxy) is 2. The highest BCUT2D eigenvalue weighted by atomic mass is 32.2. The molecule has 0 saturated heterocycles. The maximum absolute atomic E-state index is 12.8. The summed E-state index contributed by atoms with van der Waals surface area (Å²) >= 11 is 1.23. The van der Waals surface area contributed by atoms with Gasteiger partial charge in [-0.05, 0) is 31.0 Å². The number of urea groups is 1. The number of aromatic amines is 1. The molecule has 0 radical (unpaired) electrons. The van der Waals surface area contributed by atoms with Crippen LogP contribution < -0.4 is 20.9 Å². The molecular weight excluding hydrogens is 432 g/mol. The molecule has 0 saturated carbocycles. The van der Waals surface area contributed by atoms with Gasteiger partial charge in [-0.15, -0.1) is 0 Å².